The van der Waals surface area contributed by atoms with E-state index in [1.54, 1.807) is 0 Å². The van der Waals surface area contributed by atoms with Gasteiger partial charge in [-0.2, -0.15) is 8.78 Å². The van der Waals surface area contributed by atoms with Crippen LogP contribution in [-0.2, 0) is 9.84 Å². The van der Waals surface area contributed by atoms with E-state index >= 15 is 0 Å². The van der Waals surface area contributed by atoms with Gasteiger partial charge in [0, 0.05) is 13.1 Å². The van der Waals surface area contributed by atoms with Crippen LogP contribution < -0.4 is 10.6 Å². The van der Waals surface area contributed by atoms with Gasteiger partial charge in [0.2, 0.25) is 9.84 Å². The average molecular weight is 390 g/mol. The molecule has 5 nitrogen and oxygen atoms in total. The van der Waals surface area contributed by atoms with E-state index in [1.807, 2.05) is 0 Å². The Morgan fingerprint density at radius 3 is 2.19 bits per heavy atom. The molecule has 0 aliphatic carbocycles. The number of anilines is 1. The molecule has 0 unspecified atom stereocenters. The Labute approximate surface area is 146 Å². The van der Waals surface area contributed by atoms with Gasteiger partial charge in [-0.05, 0) is 24.3 Å². The molecule has 140 valence electrons. The maximum Gasteiger partial charge on any atom is 0.341 e. The SMILES string of the molecule is O=C(NCCNc1ccccc1S(=O)(=O)C(F)F)c1c(F)cccc1F. The molecule has 26 heavy (non-hydrogen) atoms. The summed E-state index contributed by atoms with van der Waals surface area (Å²) in [6, 6.07) is 8.03. The van der Waals surface area contributed by atoms with Crippen molar-refractivity contribution in [3.8, 4) is 0 Å². The first-order valence-electron chi connectivity index (χ1n) is 7.32. The molecule has 0 aromatic heterocycles. The number of hydrogen-bond acceptors (Lipinski definition) is 4. The number of nitrogens with one attached hydrogen (secondary N) is 2. The Kier molecular flexibility index (Phi) is 6.19. The predicted octanol–water partition coefficient (Wildman–Crippen LogP) is 2.80. The Morgan fingerprint density at radius 1 is 0.962 bits per heavy atom. The largest absolute Gasteiger partial charge is 0.382 e. The lowest BCUT2D eigenvalue weighted by Crippen LogP contribution is -2.30. The molecule has 0 radical (unpaired) electrons. The summed E-state index contributed by atoms with van der Waals surface area (Å²) < 4.78 is 75.6. The molecule has 0 heterocycles. The second-order valence-electron chi connectivity index (χ2n) is 5.08. The van der Waals surface area contributed by atoms with E-state index in [1.165, 1.54) is 18.2 Å². The lowest BCUT2D eigenvalue weighted by Gasteiger charge is -2.13. The molecular formula is C16H14F4N2O3S. The topological polar surface area (TPSA) is 75.3 Å². The first-order valence-corrected chi connectivity index (χ1v) is 8.87. The summed E-state index contributed by atoms with van der Waals surface area (Å²) >= 11 is 0. The van der Waals surface area contributed by atoms with Crippen molar-refractivity contribution in [2.24, 2.45) is 0 Å². The summed E-state index contributed by atoms with van der Waals surface area (Å²) in [5.74, 6) is -6.61. The van der Waals surface area contributed by atoms with Gasteiger partial charge >= 0.3 is 5.76 Å². The standard InChI is InChI=1S/C16H14F4N2O3S/c17-10-4-3-5-11(18)14(10)15(23)22-9-8-21-12-6-1-2-7-13(12)26(24,25)16(19)20/h1-7,16,21H,8-9H2,(H,22,23). The fourth-order valence-corrected chi connectivity index (χ4v) is 3.04. The highest BCUT2D eigenvalue weighted by atomic mass is 32.2. The molecule has 0 saturated carbocycles. The summed E-state index contributed by atoms with van der Waals surface area (Å²) in [6.45, 7) is -0.187. The van der Waals surface area contributed by atoms with Crippen molar-refractivity contribution >= 4 is 21.4 Å². The van der Waals surface area contributed by atoms with E-state index in [2.05, 4.69) is 10.6 Å². The van der Waals surface area contributed by atoms with Crippen molar-refractivity contribution in [2.45, 2.75) is 10.7 Å². The maximum atomic E-state index is 13.5. The lowest BCUT2D eigenvalue weighted by atomic mass is 10.2. The number of benzene rings is 2. The number of hydrogen-bond donors (Lipinski definition) is 2. The van der Waals surface area contributed by atoms with Gasteiger partial charge in [-0.15, -0.1) is 0 Å². The molecule has 0 aliphatic rings. The molecule has 0 atom stereocenters. The first kappa shape index (κ1) is 19.7. The predicted molar refractivity (Wildman–Crippen MR) is 86.8 cm³/mol. The van der Waals surface area contributed by atoms with Crippen LogP contribution >= 0.6 is 0 Å². The van der Waals surface area contributed by atoms with Gasteiger partial charge in [0.25, 0.3) is 5.91 Å². The Morgan fingerprint density at radius 2 is 1.58 bits per heavy atom. The molecule has 0 saturated heterocycles. The van der Waals surface area contributed by atoms with Gasteiger partial charge in [0.15, 0.2) is 0 Å². The third kappa shape index (κ3) is 4.31. The van der Waals surface area contributed by atoms with Crippen LogP contribution in [0.3, 0.4) is 0 Å². The zero-order valence-corrected chi connectivity index (χ0v) is 14.0. The Bertz CT molecular complexity index is 884. The number of amides is 1. The summed E-state index contributed by atoms with van der Waals surface area (Å²) in [5.41, 5.74) is -0.813. The van der Waals surface area contributed by atoms with E-state index in [4.69, 9.17) is 0 Å². The Hall–Kier alpha value is -2.62. The third-order valence-corrected chi connectivity index (χ3v) is 4.78. The van der Waals surface area contributed by atoms with Crippen LogP contribution in [0.1, 0.15) is 10.4 Å². The third-order valence-electron chi connectivity index (χ3n) is 3.34. The molecule has 2 aromatic carbocycles. The quantitative estimate of drug-likeness (QED) is 0.563. The van der Waals surface area contributed by atoms with Crippen LogP contribution in [0, 0.1) is 11.6 Å². The van der Waals surface area contributed by atoms with Crippen molar-refractivity contribution in [3.05, 3.63) is 59.7 Å². The molecule has 2 rings (SSSR count). The Balaban J connectivity index is 2.00. The number of rotatable bonds is 7. The van der Waals surface area contributed by atoms with Crippen LogP contribution in [0.5, 0.6) is 0 Å². The van der Waals surface area contributed by atoms with Gasteiger partial charge in [0.05, 0.1) is 10.6 Å². The van der Waals surface area contributed by atoms with E-state index in [0.717, 1.165) is 24.3 Å². The molecule has 0 bridgehead atoms. The van der Waals surface area contributed by atoms with Gasteiger partial charge in [-0.25, -0.2) is 17.2 Å². The van der Waals surface area contributed by atoms with Crippen LogP contribution in [0.15, 0.2) is 47.4 Å². The number of para-hydroxylation sites is 1. The minimum Gasteiger partial charge on any atom is -0.382 e. The van der Waals surface area contributed by atoms with Crippen molar-refractivity contribution in [1.29, 1.82) is 0 Å². The summed E-state index contributed by atoms with van der Waals surface area (Å²) in [6.07, 6.45) is 0. The van der Waals surface area contributed by atoms with Crippen LogP contribution in [-0.4, -0.2) is 33.2 Å². The van der Waals surface area contributed by atoms with E-state index in [-0.39, 0.29) is 18.8 Å². The molecular weight excluding hydrogens is 376 g/mol. The molecule has 1 amide bonds. The highest BCUT2D eigenvalue weighted by Crippen LogP contribution is 2.25. The second kappa shape index (κ2) is 8.17. The smallest absolute Gasteiger partial charge is 0.341 e. The molecule has 2 aromatic rings. The molecule has 0 fully saturated rings. The van der Waals surface area contributed by atoms with Crippen LogP contribution in [0.2, 0.25) is 0 Å². The normalized spacial score (nSPS) is 11.4. The minimum absolute atomic E-state index is 0.0580. The number of sulfone groups is 1. The average Bonchev–Trinajstić information content (AvgIpc) is 2.58. The zero-order chi connectivity index (χ0) is 19.3. The molecule has 0 spiro atoms. The highest BCUT2D eigenvalue weighted by molar-refractivity contribution is 7.91. The van der Waals surface area contributed by atoms with Gasteiger partial charge in [-0.1, -0.05) is 18.2 Å². The number of alkyl halides is 2. The number of halogens is 4. The first-order chi connectivity index (χ1) is 12.2. The van der Waals surface area contributed by atoms with Crippen molar-refractivity contribution in [2.75, 3.05) is 18.4 Å². The second-order valence-corrected chi connectivity index (χ2v) is 6.97. The summed E-state index contributed by atoms with van der Waals surface area (Å²) in [4.78, 5) is 11.2. The minimum atomic E-state index is -4.80. The van der Waals surface area contributed by atoms with E-state index in [0.29, 0.717) is 0 Å². The fourth-order valence-electron chi connectivity index (χ4n) is 2.13. The van der Waals surface area contributed by atoms with Crippen LogP contribution in [0.25, 0.3) is 0 Å². The van der Waals surface area contributed by atoms with Crippen molar-refractivity contribution in [1.82, 2.24) is 5.32 Å². The monoisotopic (exact) mass is 390 g/mol. The summed E-state index contributed by atoms with van der Waals surface area (Å²) in [7, 11) is -4.80. The number of carbonyl (C=O) groups excluding carboxylic acids is 1. The zero-order valence-electron chi connectivity index (χ0n) is 13.2. The maximum absolute atomic E-state index is 13.5. The van der Waals surface area contributed by atoms with Gasteiger partial charge in [0.1, 0.15) is 17.2 Å². The van der Waals surface area contributed by atoms with Crippen molar-refractivity contribution < 1.29 is 30.8 Å². The van der Waals surface area contributed by atoms with Gasteiger partial charge in [-0.3, -0.25) is 4.79 Å². The van der Waals surface area contributed by atoms with E-state index < -0.39 is 43.6 Å². The van der Waals surface area contributed by atoms with Crippen LogP contribution in [0.4, 0.5) is 23.2 Å². The summed E-state index contributed by atoms with van der Waals surface area (Å²) in [5, 5.41) is 4.85. The molecule has 2 N–H and O–H groups in total. The number of carbonyl (C=O) groups is 1. The van der Waals surface area contributed by atoms with Gasteiger partial charge < -0.3 is 10.6 Å². The fraction of sp³-hybridized carbons (Fsp3) is 0.188. The van der Waals surface area contributed by atoms with E-state index in [9.17, 15) is 30.8 Å². The molecule has 10 heteroatoms. The lowest BCUT2D eigenvalue weighted by molar-refractivity contribution is 0.0946. The molecule has 0 aliphatic heterocycles. The highest BCUT2D eigenvalue weighted by Gasteiger charge is 2.28. The van der Waals surface area contributed by atoms with Crippen molar-refractivity contribution in [3.63, 3.8) is 0 Å².